The fourth-order valence-electron chi connectivity index (χ4n) is 9.83. The summed E-state index contributed by atoms with van der Waals surface area (Å²) < 4.78 is 0. The van der Waals surface area contributed by atoms with Crippen LogP contribution in [0.25, 0.3) is 0 Å². The van der Waals surface area contributed by atoms with Crippen LogP contribution in [-0.4, -0.2) is 21.4 Å². The Kier molecular flexibility index (Phi) is 6.92. The Morgan fingerprint density at radius 2 is 1.62 bits per heavy atom. The van der Waals surface area contributed by atoms with Crippen LogP contribution in [0.4, 0.5) is 0 Å². The number of hydrogen-bond donors (Lipinski definition) is 2. The number of fused-ring (bicyclic) bond motifs is 5. The molecule has 10 atom stereocenters. The van der Waals surface area contributed by atoms with Crippen molar-refractivity contribution in [2.24, 2.45) is 46.3 Å². The van der Waals surface area contributed by atoms with Gasteiger partial charge in [0.2, 0.25) is 0 Å². The molecule has 0 aromatic rings. The van der Waals surface area contributed by atoms with Crippen molar-refractivity contribution in [3.05, 3.63) is 0 Å². The lowest BCUT2D eigenvalue weighted by atomic mass is 9.43. The van der Waals surface area contributed by atoms with E-state index >= 15 is 0 Å². The van der Waals surface area contributed by atoms with E-state index in [4.69, 9.17) is 0 Å². The monoisotopic (exact) mass is 446 g/mol. The van der Waals surface area contributed by atoms with Gasteiger partial charge in [-0.05, 0) is 137 Å². The van der Waals surface area contributed by atoms with Crippen LogP contribution in [0.15, 0.2) is 0 Å². The van der Waals surface area contributed by atoms with Crippen LogP contribution in [-0.2, 0) is 0 Å². The molecule has 0 aliphatic heterocycles. The normalized spacial score (nSPS) is 48.9. The highest BCUT2D eigenvalue weighted by Gasteiger charge is 2.61. The standard InChI is InChI=1S/C30H54O2/c1-7-8-15-27(3,31)16-13-21(2)24-11-12-25-23-10-9-22-20-28(4,32)18-19-29(22,5)26(23)14-17-30(24,25)6/h21-26,31-32H,7-20H2,1-6H3/t21-,22+,23+,24-,25+,26+,27?,28+,29+,30?/m1/s1. The molecule has 4 rings (SSSR count). The highest BCUT2D eigenvalue weighted by Crippen LogP contribution is 2.68. The predicted octanol–water partition coefficient (Wildman–Crippen LogP) is 7.75. The first kappa shape index (κ1) is 25.0. The first-order chi connectivity index (χ1) is 14.9. The average molecular weight is 447 g/mol. The van der Waals surface area contributed by atoms with Crippen LogP contribution in [0.2, 0.25) is 0 Å². The van der Waals surface area contributed by atoms with Gasteiger partial charge in [-0.1, -0.05) is 40.5 Å². The van der Waals surface area contributed by atoms with Crippen LogP contribution in [0.3, 0.4) is 0 Å². The van der Waals surface area contributed by atoms with Gasteiger partial charge in [0.25, 0.3) is 0 Å². The molecule has 32 heavy (non-hydrogen) atoms. The molecule has 4 aliphatic rings. The van der Waals surface area contributed by atoms with Gasteiger partial charge in [0.15, 0.2) is 0 Å². The number of aliphatic hydroxyl groups is 2. The largest absolute Gasteiger partial charge is 0.390 e. The van der Waals surface area contributed by atoms with Crippen molar-refractivity contribution in [1.29, 1.82) is 0 Å². The van der Waals surface area contributed by atoms with Crippen LogP contribution < -0.4 is 0 Å². The molecule has 2 unspecified atom stereocenters. The Morgan fingerprint density at radius 1 is 0.906 bits per heavy atom. The van der Waals surface area contributed by atoms with E-state index in [-0.39, 0.29) is 0 Å². The summed E-state index contributed by atoms with van der Waals surface area (Å²) in [6.45, 7) is 14.1. The minimum atomic E-state index is -0.476. The Labute approximate surface area is 199 Å². The van der Waals surface area contributed by atoms with Gasteiger partial charge in [-0.25, -0.2) is 0 Å². The summed E-state index contributed by atoms with van der Waals surface area (Å²) in [5.41, 5.74) is 0.0792. The maximum absolute atomic E-state index is 10.8. The summed E-state index contributed by atoms with van der Waals surface area (Å²) >= 11 is 0. The Bertz CT molecular complexity index is 653. The van der Waals surface area contributed by atoms with Crippen LogP contribution in [0, 0.1) is 46.3 Å². The van der Waals surface area contributed by atoms with Crippen molar-refractivity contribution < 1.29 is 10.2 Å². The second-order valence-electron chi connectivity index (χ2n) is 14.2. The fraction of sp³-hybridized carbons (Fsp3) is 1.00. The van der Waals surface area contributed by atoms with Gasteiger partial charge in [-0.15, -0.1) is 0 Å². The molecule has 0 bridgehead atoms. The smallest absolute Gasteiger partial charge is 0.0622 e. The average Bonchev–Trinajstić information content (AvgIpc) is 3.08. The zero-order chi connectivity index (χ0) is 23.4. The third-order valence-electron chi connectivity index (χ3n) is 11.9. The van der Waals surface area contributed by atoms with E-state index in [1.807, 2.05) is 0 Å². The SMILES string of the molecule is CCCCC(C)(O)CC[C@@H](C)[C@H]1CC[C@H]2[C@@H]3CC[C@H]4C[C@@](C)(O)CC[C@]4(C)[C@H]3CCC12C. The summed E-state index contributed by atoms with van der Waals surface area (Å²) in [4.78, 5) is 0. The first-order valence-electron chi connectivity index (χ1n) is 14.4. The maximum atomic E-state index is 10.8. The van der Waals surface area contributed by atoms with Crippen molar-refractivity contribution >= 4 is 0 Å². The molecule has 0 spiro atoms. The summed E-state index contributed by atoms with van der Waals surface area (Å²) in [7, 11) is 0. The minimum absolute atomic E-state index is 0.424. The summed E-state index contributed by atoms with van der Waals surface area (Å²) in [5, 5.41) is 21.6. The van der Waals surface area contributed by atoms with E-state index < -0.39 is 11.2 Å². The summed E-state index contributed by atoms with van der Waals surface area (Å²) in [6.07, 6.45) is 17.2. The van der Waals surface area contributed by atoms with E-state index in [1.165, 1.54) is 57.8 Å². The molecular formula is C30H54O2. The Morgan fingerprint density at radius 3 is 2.34 bits per heavy atom. The van der Waals surface area contributed by atoms with Crippen molar-refractivity contribution in [2.75, 3.05) is 0 Å². The molecule has 0 aromatic heterocycles. The number of rotatable bonds is 7. The highest BCUT2D eigenvalue weighted by molar-refractivity contribution is 5.10. The fourth-order valence-corrected chi connectivity index (χ4v) is 9.83. The quantitative estimate of drug-likeness (QED) is 0.419. The molecule has 0 amide bonds. The molecule has 4 saturated carbocycles. The molecule has 186 valence electrons. The minimum Gasteiger partial charge on any atom is -0.390 e. The van der Waals surface area contributed by atoms with Crippen LogP contribution in [0.5, 0.6) is 0 Å². The van der Waals surface area contributed by atoms with Crippen LogP contribution in [0.1, 0.15) is 131 Å². The molecule has 2 nitrogen and oxygen atoms in total. The third kappa shape index (κ3) is 4.46. The lowest BCUT2D eigenvalue weighted by Gasteiger charge is -2.62. The van der Waals surface area contributed by atoms with Gasteiger partial charge in [0, 0.05) is 0 Å². The van der Waals surface area contributed by atoms with E-state index in [2.05, 4.69) is 41.5 Å². The molecule has 0 saturated heterocycles. The van der Waals surface area contributed by atoms with Crippen molar-refractivity contribution in [2.45, 2.75) is 143 Å². The van der Waals surface area contributed by atoms with Crippen molar-refractivity contribution in [3.63, 3.8) is 0 Å². The van der Waals surface area contributed by atoms with E-state index in [9.17, 15) is 10.2 Å². The van der Waals surface area contributed by atoms with Gasteiger partial charge < -0.3 is 10.2 Å². The molecule has 4 fully saturated rings. The Hall–Kier alpha value is -0.0800. The predicted molar refractivity (Wildman–Crippen MR) is 134 cm³/mol. The number of hydrogen-bond acceptors (Lipinski definition) is 2. The zero-order valence-electron chi connectivity index (χ0n) is 22.3. The summed E-state index contributed by atoms with van der Waals surface area (Å²) in [6, 6.07) is 0. The third-order valence-corrected chi connectivity index (χ3v) is 11.9. The zero-order valence-corrected chi connectivity index (χ0v) is 22.3. The first-order valence-corrected chi connectivity index (χ1v) is 14.4. The van der Waals surface area contributed by atoms with Crippen LogP contribution >= 0.6 is 0 Å². The number of unbranched alkanes of at least 4 members (excludes halogenated alkanes) is 1. The lowest BCUT2D eigenvalue weighted by molar-refractivity contribution is -0.148. The van der Waals surface area contributed by atoms with E-state index in [0.29, 0.717) is 10.8 Å². The Balaban J connectivity index is 1.43. The van der Waals surface area contributed by atoms with Gasteiger partial charge in [-0.3, -0.25) is 0 Å². The van der Waals surface area contributed by atoms with Crippen molar-refractivity contribution in [1.82, 2.24) is 0 Å². The van der Waals surface area contributed by atoms with Gasteiger partial charge >= 0.3 is 0 Å². The summed E-state index contributed by atoms with van der Waals surface area (Å²) in [5.74, 6) is 5.02. The molecule has 0 heterocycles. The topological polar surface area (TPSA) is 40.5 Å². The molecule has 0 radical (unpaired) electrons. The highest BCUT2D eigenvalue weighted by atomic mass is 16.3. The molecule has 0 aromatic carbocycles. The molecular weight excluding hydrogens is 392 g/mol. The molecule has 2 heteroatoms. The van der Waals surface area contributed by atoms with E-state index in [0.717, 1.165) is 67.6 Å². The lowest BCUT2D eigenvalue weighted by Crippen LogP contribution is -2.55. The van der Waals surface area contributed by atoms with Gasteiger partial charge in [0.05, 0.1) is 11.2 Å². The van der Waals surface area contributed by atoms with Gasteiger partial charge in [-0.2, -0.15) is 0 Å². The van der Waals surface area contributed by atoms with E-state index in [1.54, 1.807) is 0 Å². The second kappa shape index (κ2) is 8.85. The van der Waals surface area contributed by atoms with Crippen molar-refractivity contribution in [3.8, 4) is 0 Å². The molecule has 2 N–H and O–H groups in total. The second-order valence-corrected chi connectivity index (χ2v) is 14.2. The molecule has 4 aliphatic carbocycles. The van der Waals surface area contributed by atoms with Gasteiger partial charge in [0.1, 0.15) is 0 Å². The maximum Gasteiger partial charge on any atom is 0.0622 e.